The van der Waals surface area contributed by atoms with Crippen molar-refractivity contribution in [2.45, 2.75) is 24.2 Å². The molecule has 1 saturated heterocycles. The van der Waals surface area contributed by atoms with Gasteiger partial charge in [0.05, 0.1) is 4.83 Å². The average molecular weight is 192 g/mol. The number of rotatable bonds is 0. The van der Waals surface area contributed by atoms with Crippen molar-refractivity contribution in [2.75, 3.05) is 6.54 Å². The topological polar surface area (TPSA) is 29.1 Å². The van der Waals surface area contributed by atoms with Crippen LogP contribution < -0.4 is 5.32 Å². The first kappa shape index (κ1) is 7.22. The number of hydrogen-bond acceptors (Lipinski definition) is 2. The smallest absolute Gasteiger partial charge is 0.149 e. The standard InChI is InChI=1S/C6H10BrNO/c1-4-6(7)5(9)2-3-8-4/h4,6,8H,2-3H2,1H3. The van der Waals surface area contributed by atoms with Crippen molar-refractivity contribution < 1.29 is 4.79 Å². The molecule has 1 N–H and O–H groups in total. The molecule has 1 aliphatic rings. The molecule has 2 unspecified atom stereocenters. The Hall–Kier alpha value is 0.110. The minimum atomic E-state index is 0.0336. The second kappa shape index (κ2) is 2.80. The van der Waals surface area contributed by atoms with Crippen LogP contribution in [-0.2, 0) is 4.79 Å². The molecular weight excluding hydrogens is 182 g/mol. The van der Waals surface area contributed by atoms with E-state index in [1.807, 2.05) is 6.92 Å². The Morgan fingerprint density at radius 1 is 1.78 bits per heavy atom. The maximum Gasteiger partial charge on any atom is 0.149 e. The lowest BCUT2D eigenvalue weighted by molar-refractivity contribution is -0.119. The largest absolute Gasteiger partial charge is 0.312 e. The van der Waals surface area contributed by atoms with Gasteiger partial charge in [-0.15, -0.1) is 0 Å². The predicted molar refractivity (Wildman–Crippen MR) is 39.8 cm³/mol. The van der Waals surface area contributed by atoms with Crippen molar-refractivity contribution in [3.63, 3.8) is 0 Å². The fourth-order valence-corrected chi connectivity index (χ4v) is 1.36. The molecule has 1 heterocycles. The fraction of sp³-hybridized carbons (Fsp3) is 0.833. The fourth-order valence-electron chi connectivity index (χ4n) is 0.943. The Balaban J connectivity index is 2.51. The van der Waals surface area contributed by atoms with Crippen LogP contribution in [0.1, 0.15) is 13.3 Å². The van der Waals surface area contributed by atoms with Gasteiger partial charge < -0.3 is 5.32 Å². The summed E-state index contributed by atoms with van der Waals surface area (Å²) in [6.45, 7) is 2.85. The van der Waals surface area contributed by atoms with Crippen LogP contribution in [0.25, 0.3) is 0 Å². The van der Waals surface area contributed by atoms with Crippen molar-refractivity contribution in [2.24, 2.45) is 0 Å². The number of piperidine rings is 1. The first-order valence-corrected chi connectivity index (χ1v) is 4.03. The summed E-state index contributed by atoms with van der Waals surface area (Å²) in [4.78, 5) is 11.0. The lowest BCUT2D eigenvalue weighted by Gasteiger charge is -2.23. The highest BCUT2D eigenvalue weighted by molar-refractivity contribution is 9.10. The third kappa shape index (κ3) is 1.52. The van der Waals surface area contributed by atoms with Gasteiger partial charge in [0, 0.05) is 19.0 Å². The van der Waals surface area contributed by atoms with Gasteiger partial charge in [-0.1, -0.05) is 15.9 Å². The van der Waals surface area contributed by atoms with Gasteiger partial charge in [-0.05, 0) is 6.92 Å². The lowest BCUT2D eigenvalue weighted by Crippen LogP contribution is -2.45. The van der Waals surface area contributed by atoms with Crippen LogP contribution in [0.2, 0.25) is 0 Å². The van der Waals surface area contributed by atoms with Gasteiger partial charge in [-0.25, -0.2) is 0 Å². The van der Waals surface area contributed by atoms with Gasteiger partial charge >= 0.3 is 0 Å². The normalized spacial score (nSPS) is 36.9. The van der Waals surface area contributed by atoms with E-state index in [9.17, 15) is 4.79 Å². The van der Waals surface area contributed by atoms with Crippen molar-refractivity contribution in [3.8, 4) is 0 Å². The highest BCUT2D eigenvalue weighted by Gasteiger charge is 2.24. The van der Waals surface area contributed by atoms with E-state index >= 15 is 0 Å². The molecule has 0 bridgehead atoms. The zero-order valence-corrected chi connectivity index (χ0v) is 6.94. The van der Waals surface area contributed by atoms with E-state index in [1.165, 1.54) is 0 Å². The van der Waals surface area contributed by atoms with Crippen LogP contribution in [0.15, 0.2) is 0 Å². The Kier molecular flexibility index (Phi) is 2.24. The van der Waals surface area contributed by atoms with Crippen LogP contribution in [0.3, 0.4) is 0 Å². The molecule has 0 radical (unpaired) electrons. The number of Topliss-reactive ketones (excluding diaryl/α,β-unsaturated/α-hetero) is 1. The summed E-state index contributed by atoms with van der Waals surface area (Å²) in [5.41, 5.74) is 0. The Morgan fingerprint density at radius 3 is 2.89 bits per heavy atom. The molecule has 9 heavy (non-hydrogen) atoms. The number of carbonyl (C=O) groups excluding carboxylic acids is 1. The molecule has 2 atom stereocenters. The molecule has 0 aromatic rings. The van der Waals surface area contributed by atoms with Crippen LogP contribution in [0.4, 0.5) is 0 Å². The minimum Gasteiger partial charge on any atom is -0.312 e. The molecular formula is C6H10BrNO. The van der Waals surface area contributed by atoms with Crippen molar-refractivity contribution >= 4 is 21.7 Å². The average Bonchev–Trinajstić information content (AvgIpc) is 1.83. The highest BCUT2D eigenvalue weighted by Crippen LogP contribution is 2.12. The van der Waals surface area contributed by atoms with Crippen molar-refractivity contribution in [3.05, 3.63) is 0 Å². The maximum absolute atomic E-state index is 10.9. The Bertz CT molecular complexity index is 126. The summed E-state index contributed by atoms with van der Waals surface area (Å²) in [6.07, 6.45) is 0.667. The van der Waals surface area contributed by atoms with Crippen LogP contribution in [0, 0.1) is 0 Å². The van der Waals surface area contributed by atoms with Gasteiger partial charge in [0.2, 0.25) is 0 Å². The number of ketones is 1. The lowest BCUT2D eigenvalue weighted by atomic mass is 10.1. The minimum absolute atomic E-state index is 0.0336. The van der Waals surface area contributed by atoms with E-state index in [1.54, 1.807) is 0 Å². The third-order valence-corrected chi connectivity index (χ3v) is 2.89. The van der Waals surface area contributed by atoms with E-state index in [4.69, 9.17) is 0 Å². The van der Waals surface area contributed by atoms with Crippen LogP contribution in [-0.4, -0.2) is 23.2 Å². The van der Waals surface area contributed by atoms with Gasteiger partial charge in [0.15, 0.2) is 0 Å². The summed E-state index contributed by atoms with van der Waals surface area (Å²) in [7, 11) is 0. The van der Waals surface area contributed by atoms with Crippen LogP contribution >= 0.6 is 15.9 Å². The highest BCUT2D eigenvalue weighted by atomic mass is 79.9. The molecule has 0 saturated carbocycles. The maximum atomic E-state index is 10.9. The molecule has 1 fully saturated rings. The summed E-state index contributed by atoms with van der Waals surface area (Å²) in [6, 6.07) is 0.297. The zero-order chi connectivity index (χ0) is 6.85. The van der Waals surface area contributed by atoms with E-state index in [0.29, 0.717) is 18.2 Å². The summed E-state index contributed by atoms with van der Waals surface area (Å²) < 4.78 is 0. The summed E-state index contributed by atoms with van der Waals surface area (Å²) >= 11 is 3.31. The monoisotopic (exact) mass is 191 g/mol. The number of hydrogen-bond donors (Lipinski definition) is 1. The van der Waals surface area contributed by atoms with E-state index in [2.05, 4.69) is 21.2 Å². The molecule has 0 aliphatic carbocycles. The first-order valence-electron chi connectivity index (χ1n) is 3.12. The number of alkyl halides is 1. The quantitative estimate of drug-likeness (QED) is 0.572. The van der Waals surface area contributed by atoms with Gasteiger partial charge in [-0.2, -0.15) is 0 Å². The third-order valence-electron chi connectivity index (χ3n) is 1.58. The second-order valence-electron chi connectivity index (χ2n) is 2.36. The zero-order valence-electron chi connectivity index (χ0n) is 5.36. The molecule has 1 aliphatic heterocycles. The molecule has 0 aromatic carbocycles. The number of carbonyl (C=O) groups is 1. The van der Waals surface area contributed by atoms with Crippen molar-refractivity contribution in [1.82, 2.24) is 5.32 Å². The molecule has 52 valence electrons. The molecule has 0 amide bonds. The summed E-state index contributed by atoms with van der Waals surface area (Å²) in [5.74, 6) is 0.321. The molecule has 0 spiro atoms. The molecule has 2 nitrogen and oxygen atoms in total. The van der Waals surface area contributed by atoms with E-state index in [-0.39, 0.29) is 4.83 Å². The van der Waals surface area contributed by atoms with E-state index < -0.39 is 0 Å². The van der Waals surface area contributed by atoms with Gasteiger partial charge in [0.25, 0.3) is 0 Å². The summed E-state index contributed by atoms with van der Waals surface area (Å²) in [5, 5.41) is 3.19. The number of halogens is 1. The first-order chi connectivity index (χ1) is 4.22. The predicted octanol–water partition coefficient (Wildman–Crippen LogP) is 0.701. The van der Waals surface area contributed by atoms with Crippen molar-refractivity contribution in [1.29, 1.82) is 0 Å². The SMILES string of the molecule is CC1NCCC(=O)C1Br. The Morgan fingerprint density at radius 2 is 2.44 bits per heavy atom. The van der Waals surface area contributed by atoms with E-state index in [0.717, 1.165) is 6.54 Å². The molecule has 1 rings (SSSR count). The number of nitrogens with one attached hydrogen (secondary N) is 1. The molecule has 3 heteroatoms. The second-order valence-corrected chi connectivity index (χ2v) is 3.35. The van der Waals surface area contributed by atoms with Gasteiger partial charge in [0.1, 0.15) is 5.78 Å². The van der Waals surface area contributed by atoms with Gasteiger partial charge in [-0.3, -0.25) is 4.79 Å². The van der Waals surface area contributed by atoms with Crippen LogP contribution in [0.5, 0.6) is 0 Å². The molecule has 0 aromatic heterocycles. The Labute approximate surface area is 63.1 Å².